The Morgan fingerprint density at radius 3 is 2.51 bits per heavy atom. The van der Waals surface area contributed by atoms with Crippen LogP contribution in [0.4, 0.5) is 13.2 Å². The lowest BCUT2D eigenvalue weighted by Crippen LogP contribution is -2.43. The molecule has 0 spiro atoms. The molecule has 0 radical (unpaired) electrons. The van der Waals surface area contributed by atoms with Crippen LogP contribution in [-0.4, -0.2) is 55.2 Å². The van der Waals surface area contributed by atoms with Gasteiger partial charge in [-0.1, -0.05) is 12.1 Å². The second kappa shape index (κ2) is 11.4. The number of amides is 2. The molecule has 8 nitrogen and oxygen atoms in total. The zero-order valence-electron chi connectivity index (χ0n) is 20.0. The van der Waals surface area contributed by atoms with Crippen LogP contribution >= 0.6 is 0 Å². The molecule has 196 valence electrons. The van der Waals surface area contributed by atoms with E-state index in [0.29, 0.717) is 17.3 Å². The number of ether oxygens (including phenoxy) is 3. The lowest BCUT2D eigenvalue weighted by molar-refractivity contribution is -0.137. The molecule has 0 unspecified atom stereocenters. The van der Waals surface area contributed by atoms with Gasteiger partial charge in [-0.15, -0.1) is 0 Å². The van der Waals surface area contributed by atoms with Crippen molar-refractivity contribution in [2.45, 2.75) is 19.3 Å². The van der Waals surface area contributed by atoms with Crippen molar-refractivity contribution in [3.05, 3.63) is 83.3 Å². The topological polar surface area (TPSA) is 81.5 Å². The van der Waals surface area contributed by atoms with Crippen LogP contribution in [0.1, 0.15) is 27.2 Å². The summed E-state index contributed by atoms with van der Waals surface area (Å²) in [6.45, 7) is 0.139. The van der Waals surface area contributed by atoms with Crippen LogP contribution in [0, 0.1) is 0 Å². The lowest BCUT2D eigenvalue weighted by atomic mass is 10.1. The molecule has 2 heterocycles. The van der Waals surface area contributed by atoms with E-state index in [9.17, 15) is 22.8 Å². The van der Waals surface area contributed by atoms with Crippen LogP contribution in [0.3, 0.4) is 0 Å². The van der Waals surface area contributed by atoms with Crippen molar-refractivity contribution < 1.29 is 41.4 Å². The first-order chi connectivity index (χ1) is 17.7. The summed E-state index contributed by atoms with van der Waals surface area (Å²) in [7, 11) is 1.43. The van der Waals surface area contributed by atoms with E-state index in [4.69, 9.17) is 18.6 Å². The van der Waals surface area contributed by atoms with E-state index in [1.807, 2.05) is 0 Å². The van der Waals surface area contributed by atoms with Crippen molar-refractivity contribution in [2.24, 2.45) is 0 Å². The summed E-state index contributed by atoms with van der Waals surface area (Å²) in [5, 5.41) is 0. The van der Waals surface area contributed by atoms with Crippen molar-refractivity contribution >= 4 is 11.8 Å². The third-order valence-electron chi connectivity index (χ3n) is 5.71. The van der Waals surface area contributed by atoms with Crippen molar-refractivity contribution in [2.75, 3.05) is 33.6 Å². The number of rotatable bonds is 10. The lowest BCUT2D eigenvalue weighted by Gasteiger charge is -2.27. The average molecular weight is 518 g/mol. The van der Waals surface area contributed by atoms with Crippen LogP contribution < -0.4 is 9.47 Å². The van der Waals surface area contributed by atoms with Gasteiger partial charge < -0.3 is 28.4 Å². The highest BCUT2D eigenvalue weighted by atomic mass is 19.4. The van der Waals surface area contributed by atoms with Crippen LogP contribution in [0.5, 0.6) is 11.5 Å². The number of benzene rings is 2. The van der Waals surface area contributed by atoms with Gasteiger partial charge in [-0.3, -0.25) is 9.59 Å². The predicted molar refractivity (Wildman–Crippen MR) is 125 cm³/mol. The van der Waals surface area contributed by atoms with Gasteiger partial charge >= 0.3 is 6.18 Å². The van der Waals surface area contributed by atoms with E-state index in [1.165, 1.54) is 29.2 Å². The van der Waals surface area contributed by atoms with Gasteiger partial charge in [0.2, 0.25) is 12.7 Å². The summed E-state index contributed by atoms with van der Waals surface area (Å²) in [5.41, 5.74) is -0.359. The van der Waals surface area contributed by atoms with Crippen molar-refractivity contribution in [1.29, 1.82) is 0 Å². The molecule has 0 N–H and O–H groups in total. The minimum Gasteiger partial charge on any atom is -0.467 e. The number of carbonyl (C=O) groups excluding carboxylic acids is 2. The molecule has 1 aliphatic heterocycles. The monoisotopic (exact) mass is 518 g/mol. The van der Waals surface area contributed by atoms with Crippen LogP contribution in [-0.2, 0) is 28.8 Å². The molecule has 0 bridgehead atoms. The molecule has 0 atom stereocenters. The Labute approximate surface area is 211 Å². The van der Waals surface area contributed by atoms with Gasteiger partial charge in [0.25, 0.3) is 5.91 Å². The SMILES string of the molecule is COCCN(CC(=O)N(Cc1ccc2c(c1)OCO2)Cc1ccco1)C(=O)c1cccc(C(F)(F)F)c1. The van der Waals surface area contributed by atoms with E-state index < -0.39 is 23.6 Å². The summed E-state index contributed by atoms with van der Waals surface area (Å²) in [5.74, 6) is 0.555. The summed E-state index contributed by atoms with van der Waals surface area (Å²) in [6.07, 6.45) is -3.12. The van der Waals surface area contributed by atoms with Gasteiger partial charge in [-0.2, -0.15) is 13.2 Å². The average Bonchev–Trinajstić information content (AvgIpc) is 3.57. The molecule has 2 aromatic carbocycles. The van der Waals surface area contributed by atoms with E-state index in [0.717, 1.165) is 23.8 Å². The standard InChI is InChI=1S/C26H25F3N2O6/c1-34-11-9-30(25(33)19-4-2-5-20(13-19)26(27,28)29)16-24(32)31(15-21-6-3-10-35-21)14-18-7-8-22-23(12-18)37-17-36-22/h2-8,10,12-13H,9,11,14-17H2,1H3. The number of alkyl halides is 3. The molecule has 0 aliphatic carbocycles. The van der Waals surface area contributed by atoms with E-state index in [-0.39, 0.29) is 45.1 Å². The van der Waals surface area contributed by atoms with Gasteiger partial charge in [0.15, 0.2) is 11.5 Å². The van der Waals surface area contributed by atoms with Crippen molar-refractivity contribution in [3.8, 4) is 11.5 Å². The fourth-order valence-corrected chi connectivity index (χ4v) is 3.81. The third-order valence-corrected chi connectivity index (χ3v) is 5.71. The summed E-state index contributed by atoms with van der Waals surface area (Å²) < 4.78 is 60.8. The van der Waals surface area contributed by atoms with Gasteiger partial charge in [0, 0.05) is 25.8 Å². The molecule has 0 saturated carbocycles. The number of carbonyl (C=O) groups is 2. The normalized spacial score (nSPS) is 12.4. The highest BCUT2D eigenvalue weighted by Crippen LogP contribution is 2.33. The van der Waals surface area contributed by atoms with Gasteiger partial charge in [0.05, 0.1) is 25.0 Å². The van der Waals surface area contributed by atoms with Crippen molar-refractivity contribution in [3.63, 3.8) is 0 Å². The number of furan rings is 1. The number of halogens is 3. The number of hydrogen-bond acceptors (Lipinski definition) is 6. The molecular weight excluding hydrogens is 493 g/mol. The highest BCUT2D eigenvalue weighted by Gasteiger charge is 2.32. The van der Waals surface area contributed by atoms with E-state index in [2.05, 4.69) is 0 Å². The molecule has 3 aromatic rings. The maximum absolute atomic E-state index is 13.5. The Morgan fingerprint density at radius 2 is 1.78 bits per heavy atom. The zero-order chi connectivity index (χ0) is 26.4. The van der Waals surface area contributed by atoms with Crippen LogP contribution in [0.25, 0.3) is 0 Å². The Balaban J connectivity index is 1.55. The minimum absolute atomic E-state index is 0.00986. The minimum atomic E-state index is -4.60. The Kier molecular flexibility index (Phi) is 8.02. The first kappa shape index (κ1) is 26.1. The molecule has 37 heavy (non-hydrogen) atoms. The maximum atomic E-state index is 13.5. The number of hydrogen-bond donors (Lipinski definition) is 0. The molecule has 0 saturated heterocycles. The van der Waals surface area contributed by atoms with Crippen LogP contribution in [0.2, 0.25) is 0 Å². The smallest absolute Gasteiger partial charge is 0.416 e. The van der Waals surface area contributed by atoms with Gasteiger partial charge in [0.1, 0.15) is 12.3 Å². The Hall–Kier alpha value is -3.99. The molecule has 0 fully saturated rings. The molecule has 4 rings (SSSR count). The molecular formula is C26H25F3N2O6. The van der Waals surface area contributed by atoms with E-state index in [1.54, 1.807) is 30.3 Å². The maximum Gasteiger partial charge on any atom is 0.416 e. The molecule has 1 aliphatic rings. The van der Waals surface area contributed by atoms with Crippen molar-refractivity contribution in [1.82, 2.24) is 9.80 Å². The first-order valence-corrected chi connectivity index (χ1v) is 11.4. The van der Waals surface area contributed by atoms with Crippen LogP contribution in [0.15, 0.2) is 65.3 Å². The molecule has 2 amide bonds. The van der Waals surface area contributed by atoms with E-state index >= 15 is 0 Å². The van der Waals surface area contributed by atoms with Gasteiger partial charge in [-0.25, -0.2) is 0 Å². The fourth-order valence-electron chi connectivity index (χ4n) is 3.81. The summed E-state index contributed by atoms with van der Waals surface area (Å²) in [4.78, 5) is 29.3. The third kappa shape index (κ3) is 6.62. The number of methoxy groups -OCH3 is 1. The predicted octanol–water partition coefficient (Wildman–Crippen LogP) is 4.34. The molecule has 1 aromatic heterocycles. The Morgan fingerprint density at radius 1 is 0.973 bits per heavy atom. The largest absolute Gasteiger partial charge is 0.467 e. The first-order valence-electron chi connectivity index (χ1n) is 11.4. The second-order valence-corrected chi connectivity index (χ2v) is 8.31. The second-order valence-electron chi connectivity index (χ2n) is 8.31. The summed E-state index contributed by atoms with van der Waals surface area (Å²) >= 11 is 0. The summed E-state index contributed by atoms with van der Waals surface area (Å²) in [6, 6.07) is 12.8. The fraction of sp³-hybridized carbons (Fsp3) is 0.308. The zero-order valence-corrected chi connectivity index (χ0v) is 20.0. The number of fused-ring (bicyclic) bond motifs is 1. The number of nitrogens with zero attached hydrogens (tertiary/aromatic N) is 2. The molecule has 11 heteroatoms. The highest BCUT2D eigenvalue weighted by molar-refractivity contribution is 5.96. The quantitative estimate of drug-likeness (QED) is 0.397. The Bertz CT molecular complexity index is 1230. The van der Waals surface area contributed by atoms with Gasteiger partial charge in [-0.05, 0) is 48.0 Å².